The number of carboxylic acids is 3. The van der Waals surface area contributed by atoms with Crippen molar-refractivity contribution in [2.24, 2.45) is 11.5 Å². The Hall–Kier alpha value is -2.36. The van der Waals surface area contributed by atoms with Crippen molar-refractivity contribution in [3.8, 4) is 0 Å². The zero-order valence-electron chi connectivity index (χ0n) is 9.66. The Morgan fingerprint density at radius 2 is 1.67 bits per heavy atom. The van der Waals surface area contributed by atoms with E-state index in [2.05, 4.69) is 0 Å². The summed E-state index contributed by atoms with van der Waals surface area (Å²) in [6, 6.07) is -1.29. The molecule has 0 aliphatic rings. The lowest BCUT2D eigenvalue weighted by Crippen LogP contribution is -2.36. The lowest BCUT2D eigenvalue weighted by Gasteiger charge is -2.12. The molecule has 0 amide bonds. The minimum absolute atomic E-state index is 0.227. The normalized spacial score (nSPS) is 10.6. The summed E-state index contributed by atoms with van der Waals surface area (Å²) in [6.45, 7) is -0.227. The van der Waals surface area contributed by atoms with Crippen LogP contribution in [-0.2, 0) is 14.4 Å². The Labute approximate surface area is 102 Å². The van der Waals surface area contributed by atoms with Crippen LogP contribution in [0.3, 0.4) is 0 Å². The molecule has 0 bridgehead atoms. The second-order valence-electron chi connectivity index (χ2n) is 3.18. The molecular formula is C8H16N4O6. The highest BCUT2D eigenvalue weighted by Crippen LogP contribution is 1.86. The van der Waals surface area contributed by atoms with Gasteiger partial charge in [0.15, 0.2) is 5.96 Å². The molecule has 0 aromatic heterocycles. The monoisotopic (exact) mass is 264 g/mol. The summed E-state index contributed by atoms with van der Waals surface area (Å²) in [5.74, 6) is -3.73. The molecule has 0 aliphatic carbocycles. The van der Waals surface area contributed by atoms with Crippen LogP contribution in [0.1, 0.15) is 6.42 Å². The average Bonchev–Trinajstić information content (AvgIpc) is 2.16. The number of carboxylic acid groups (broad SMARTS) is 3. The van der Waals surface area contributed by atoms with Crippen LogP contribution in [0.5, 0.6) is 0 Å². The fourth-order valence-electron chi connectivity index (χ4n) is 0.564. The SMILES string of the molecule is CN(CC(=O)O)C(=N)N.N[C@@H](CC(=O)O)C(=O)O. The van der Waals surface area contributed by atoms with Gasteiger partial charge in [-0.1, -0.05) is 0 Å². The van der Waals surface area contributed by atoms with E-state index in [1.165, 1.54) is 7.05 Å². The predicted molar refractivity (Wildman–Crippen MR) is 60.0 cm³/mol. The standard InChI is InChI=1S/C4H9N3O2.C4H7NO4/c1-7(4(5)6)2-3(8)9;5-2(4(8)9)1-3(6)7/h2H2,1H3,(H3,5,6)(H,8,9);2H,1,5H2,(H,6,7)(H,8,9)/t;2-/m.0/s1. The summed E-state index contributed by atoms with van der Waals surface area (Å²) < 4.78 is 0. The number of nitrogens with two attached hydrogens (primary N) is 2. The fraction of sp³-hybridized carbons (Fsp3) is 0.500. The van der Waals surface area contributed by atoms with Crippen LogP contribution in [0, 0.1) is 5.41 Å². The van der Waals surface area contributed by atoms with E-state index in [9.17, 15) is 14.4 Å². The quantitative estimate of drug-likeness (QED) is 0.235. The summed E-state index contributed by atoms with van der Waals surface area (Å²) in [6.07, 6.45) is -0.532. The van der Waals surface area contributed by atoms with E-state index < -0.39 is 30.4 Å². The Morgan fingerprint density at radius 3 is 1.78 bits per heavy atom. The third-order valence-corrected chi connectivity index (χ3v) is 1.50. The molecule has 0 radical (unpaired) electrons. The van der Waals surface area contributed by atoms with Crippen LogP contribution in [-0.4, -0.2) is 63.7 Å². The first-order valence-corrected chi connectivity index (χ1v) is 4.55. The van der Waals surface area contributed by atoms with Gasteiger partial charge in [0, 0.05) is 7.05 Å². The minimum Gasteiger partial charge on any atom is -0.481 e. The zero-order valence-corrected chi connectivity index (χ0v) is 9.66. The first-order valence-electron chi connectivity index (χ1n) is 4.55. The number of rotatable bonds is 5. The largest absolute Gasteiger partial charge is 0.481 e. The van der Waals surface area contributed by atoms with E-state index in [0.717, 1.165) is 4.90 Å². The van der Waals surface area contributed by atoms with Crippen LogP contribution in [0.25, 0.3) is 0 Å². The van der Waals surface area contributed by atoms with Gasteiger partial charge in [-0.3, -0.25) is 19.8 Å². The van der Waals surface area contributed by atoms with Crippen molar-refractivity contribution < 1.29 is 29.7 Å². The van der Waals surface area contributed by atoms with Crippen molar-refractivity contribution in [2.45, 2.75) is 12.5 Å². The molecule has 0 unspecified atom stereocenters. The van der Waals surface area contributed by atoms with Gasteiger partial charge in [-0.2, -0.15) is 0 Å². The molecule has 0 fully saturated rings. The molecule has 18 heavy (non-hydrogen) atoms. The minimum atomic E-state index is -1.29. The number of aliphatic carboxylic acids is 3. The van der Waals surface area contributed by atoms with Crippen molar-refractivity contribution in [1.29, 1.82) is 5.41 Å². The number of nitrogens with one attached hydrogen (secondary N) is 1. The van der Waals surface area contributed by atoms with E-state index >= 15 is 0 Å². The van der Waals surface area contributed by atoms with E-state index in [4.69, 9.17) is 32.2 Å². The molecular weight excluding hydrogens is 248 g/mol. The Bertz CT molecular complexity index is 300. The van der Waals surface area contributed by atoms with Crippen molar-refractivity contribution in [3.05, 3.63) is 0 Å². The van der Waals surface area contributed by atoms with Crippen LogP contribution < -0.4 is 11.5 Å². The Morgan fingerprint density at radius 1 is 1.22 bits per heavy atom. The molecule has 1 atom stereocenters. The van der Waals surface area contributed by atoms with Gasteiger partial charge in [0.05, 0.1) is 6.42 Å². The Kier molecular flexibility index (Phi) is 8.76. The molecule has 104 valence electrons. The van der Waals surface area contributed by atoms with E-state index in [1.807, 2.05) is 0 Å². The maximum Gasteiger partial charge on any atom is 0.323 e. The third-order valence-electron chi connectivity index (χ3n) is 1.50. The molecule has 10 nitrogen and oxygen atoms in total. The number of carbonyl (C=O) groups is 3. The number of hydrogen-bond donors (Lipinski definition) is 6. The molecule has 0 saturated heterocycles. The van der Waals surface area contributed by atoms with Gasteiger partial charge in [-0.05, 0) is 0 Å². The number of hydrogen-bond acceptors (Lipinski definition) is 5. The third kappa shape index (κ3) is 11.7. The van der Waals surface area contributed by atoms with E-state index in [1.54, 1.807) is 0 Å². The maximum absolute atomic E-state index is 9.92. The van der Waals surface area contributed by atoms with Crippen LogP contribution in [0.15, 0.2) is 0 Å². The number of likely N-dealkylation sites (N-methyl/N-ethyl adjacent to an activating group) is 1. The second kappa shape index (κ2) is 8.75. The molecule has 8 N–H and O–H groups in total. The van der Waals surface area contributed by atoms with Gasteiger partial charge in [-0.25, -0.2) is 0 Å². The van der Waals surface area contributed by atoms with Gasteiger partial charge in [0.1, 0.15) is 12.6 Å². The van der Waals surface area contributed by atoms with Gasteiger partial charge in [0.2, 0.25) is 0 Å². The molecule has 0 aromatic rings. The lowest BCUT2D eigenvalue weighted by atomic mass is 10.2. The lowest BCUT2D eigenvalue weighted by molar-refractivity contribution is -0.144. The summed E-state index contributed by atoms with van der Waals surface area (Å²) >= 11 is 0. The van der Waals surface area contributed by atoms with Gasteiger partial charge in [0.25, 0.3) is 0 Å². The van der Waals surface area contributed by atoms with Gasteiger partial charge in [-0.15, -0.1) is 0 Å². The summed E-state index contributed by atoms with van der Waals surface area (Å²) in [4.78, 5) is 30.7. The van der Waals surface area contributed by atoms with Crippen molar-refractivity contribution in [2.75, 3.05) is 13.6 Å². The average molecular weight is 264 g/mol. The van der Waals surface area contributed by atoms with Crippen LogP contribution >= 0.6 is 0 Å². The first-order chi connectivity index (χ1) is 8.07. The fourth-order valence-corrected chi connectivity index (χ4v) is 0.564. The van der Waals surface area contributed by atoms with Crippen LogP contribution in [0.4, 0.5) is 0 Å². The zero-order chi connectivity index (χ0) is 14.9. The van der Waals surface area contributed by atoms with E-state index in [0.29, 0.717) is 0 Å². The van der Waals surface area contributed by atoms with E-state index in [-0.39, 0.29) is 12.5 Å². The Balaban J connectivity index is 0. The highest BCUT2D eigenvalue weighted by molar-refractivity contribution is 5.80. The molecule has 0 saturated carbocycles. The van der Waals surface area contributed by atoms with Crippen molar-refractivity contribution in [1.82, 2.24) is 4.90 Å². The van der Waals surface area contributed by atoms with Gasteiger partial charge < -0.3 is 31.7 Å². The topological polar surface area (TPSA) is 191 Å². The molecule has 0 aliphatic heterocycles. The molecule has 10 heteroatoms. The molecule has 0 rings (SSSR count). The number of nitrogens with zero attached hydrogens (tertiary/aromatic N) is 1. The summed E-state index contributed by atoms with van der Waals surface area (Å²) in [5.41, 5.74) is 9.77. The summed E-state index contributed by atoms with van der Waals surface area (Å²) in [5, 5.41) is 30.9. The van der Waals surface area contributed by atoms with Crippen LogP contribution in [0.2, 0.25) is 0 Å². The maximum atomic E-state index is 9.92. The van der Waals surface area contributed by atoms with Crippen molar-refractivity contribution in [3.63, 3.8) is 0 Å². The number of guanidine groups is 1. The summed E-state index contributed by atoms with van der Waals surface area (Å²) in [7, 11) is 1.44. The smallest absolute Gasteiger partial charge is 0.323 e. The molecule has 0 heterocycles. The second-order valence-corrected chi connectivity index (χ2v) is 3.18. The highest BCUT2D eigenvalue weighted by Gasteiger charge is 2.14. The molecule has 0 aromatic carbocycles. The predicted octanol–water partition coefficient (Wildman–Crippen LogP) is -2.23. The van der Waals surface area contributed by atoms with Crippen molar-refractivity contribution >= 4 is 23.9 Å². The first kappa shape index (κ1) is 18.0. The highest BCUT2D eigenvalue weighted by atomic mass is 16.4. The van der Waals surface area contributed by atoms with Gasteiger partial charge >= 0.3 is 17.9 Å². The molecule has 0 spiro atoms.